The van der Waals surface area contributed by atoms with Gasteiger partial charge in [0.25, 0.3) is 5.56 Å². The Morgan fingerprint density at radius 1 is 1.16 bits per heavy atom. The Labute approximate surface area is 193 Å². The van der Waals surface area contributed by atoms with Crippen molar-refractivity contribution in [2.24, 2.45) is 0 Å². The van der Waals surface area contributed by atoms with Gasteiger partial charge < -0.3 is 5.32 Å². The summed E-state index contributed by atoms with van der Waals surface area (Å²) >= 11 is 1.66. The van der Waals surface area contributed by atoms with E-state index in [0.717, 1.165) is 65.8 Å². The molecule has 1 aliphatic carbocycles. The molecule has 2 aromatic heterocycles. The van der Waals surface area contributed by atoms with E-state index < -0.39 is 0 Å². The van der Waals surface area contributed by atoms with Crippen LogP contribution < -0.4 is 10.9 Å². The second kappa shape index (κ2) is 9.96. The number of rotatable bonds is 8. The third-order valence-corrected chi connectivity index (χ3v) is 7.57. The number of aryl methyl sites for hydroxylation is 3. The molecule has 0 saturated heterocycles. The molecule has 1 aliphatic rings. The van der Waals surface area contributed by atoms with E-state index in [1.165, 1.54) is 11.3 Å². The summed E-state index contributed by atoms with van der Waals surface area (Å²) in [5, 5.41) is 3.74. The molecular weight excluding hydrogens is 420 g/mol. The van der Waals surface area contributed by atoms with E-state index in [2.05, 4.69) is 31.0 Å². The van der Waals surface area contributed by atoms with E-state index in [1.54, 1.807) is 15.9 Å². The summed E-state index contributed by atoms with van der Waals surface area (Å²) in [6, 6.07) is 7.81. The first-order valence-electron chi connectivity index (χ1n) is 11.7. The number of nitrogens with one attached hydrogen (secondary N) is 1. The summed E-state index contributed by atoms with van der Waals surface area (Å²) in [4.78, 5) is 36.0. The molecule has 0 bridgehead atoms. The lowest BCUT2D eigenvalue weighted by molar-refractivity contribution is -0.116. The third-order valence-electron chi connectivity index (χ3n) is 6.39. The SMILES string of the molecule is CCc1ccccc1NC(=O)Cn1c(CN(CC)CC)nc2sc3c(c2c1=O)CCCC3. The average Bonchev–Trinajstić information content (AvgIpc) is 3.18. The van der Waals surface area contributed by atoms with Gasteiger partial charge in [-0.2, -0.15) is 0 Å². The number of benzene rings is 1. The molecule has 0 aliphatic heterocycles. The van der Waals surface area contributed by atoms with Crippen LogP contribution in [0, 0.1) is 0 Å². The van der Waals surface area contributed by atoms with Gasteiger partial charge >= 0.3 is 0 Å². The zero-order chi connectivity index (χ0) is 22.7. The lowest BCUT2D eigenvalue weighted by Crippen LogP contribution is -2.34. The van der Waals surface area contributed by atoms with E-state index in [4.69, 9.17) is 4.98 Å². The van der Waals surface area contributed by atoms with Crippen molar-refractivity contribution in [3.63, 3.8) is 0 Å². The monoisotopic (exact) mass is 452 g/mol. The molecule has 1 N–H and O–H groups in total. The number of aromatic nitrogens is 2. The van der Waals surface area contributed by atoms with Crippen molar-refractivity contribution in [1.29, 1.82) is 0 Å². The molecular formula is C25H32N4O2S. The van der Waals surface area contributed by atoms with Crippen molar-refractivity contribution < 1.29 is 4.79 Å². The fraction of sp³-hybridized carbons (Fsp3) is 0.480. The van der Waals surface area contributed by atoms with Crippen LogP contribution in [0.15, 0.2) is 29.1 Å². The van der Waals surface area contributed by atoms with Gasteiger partial charge in [-0.05, 0) is 62.4 Å². The van der Waals surface area contributed by atoms with Crippen LogP contribution in [0.25, 0.3) is 10.2 Å². The predicted molar refractivity (Wildman–Crippen MR) is 132 cm³/mol. The summed E-state index contributed by atoms with van der Waals surface area (Å²) in [5.41, 5.74) is 2.97. The Morgan fingerprint density at radius 2 is 1.91 bits per heavy atom. The van der Waals surface area contributed by atoms with Crippen LogP contribution in [0.5, 0.6) is 0 Å². The number of anilines is 1. The molecule has 0 unspecified atom stereocenters. The van der Waals surface area contributed by atoms with Gasteiger partial charge in [0, 0.05) is 10.6 Å². The Bertz CT molecular complexity index is 1180. The van der Waals surface area contributed by atoms with Crippen molar-refractivity contribution in [2.45, 2.75) is 66.0 Å². The number of nitrogens with zero attached hydrogens (tertiary/aromatic N) is 3. The fourth-order valence-corrected chi connectivity index (χ4v) is 5.77. The standard InChI is InChI=1S/C25H32N4O2S/c1-4-17-11-7-9-13-19(17)26-22(30)16-29-21(15-28(5-2)6-3)27-24-23(25(29)31)18-12-8-10-14-20(18)32-24/h7,9,11,13H,4-6,8,10,12,14-16H2,1-3H3,(H,26,30). The number of amides is 1. The van der Waals surface area contributed by atoms with Gasteiger partial charge in [0.05, 0.1) is 11.9 Å². The Hall–Kier alpha value is -2.51. The maximum absolute atomic E-state index is 13.7. The number of hydrogen-bond donors (Lipinski definition) is 1. The zero-order valence-electron chi connectivity index (χ0n) is 19.2. The van der Waals surface area contributed by atoms with Gasteiger partial charge in [0.1, 0.15) is 17.2 Å². The first-order valence-corrected chi connectivity index (χ1v) is 12.5. The Balaban J connectivity index is 1.74. The molecule has 32 heavy (non-hydrogen) atoms. The maximum Gasteiger partial charge on any atom is 0.263 e. The lowest BCUT2D eigenvalue weighted by Gasteiger charge is -2.20. The van der Waals surface area contributed by atoms with E-state index in [9.17, 15) is 9.59 Å². The number of para-hydroxylation sites is 1. The third kappa shape index (κ3) is 4.50. The van der Waals surface area contributed by atoms with Crippen LogP contribution in [0.4, 0.5) is 5.69 Å². The van der Waals surface area contributed by atoms with Crippen LogP contribution in [-0.4, -0.2) is 33.4 Å². The van der Waals surface area contributed by atoms with Gasteiger partial charge in [0.2, 0.25) is 5.91 Å². The predicted octanol–water partition coefficient (Wildman–Crippen LogP) is 4.38. The van der Waals surface area contributed by atoms with E-state index >= 15 is 0 Å². The molecule has 3 aromatic rings. The molecule has 6 nitrogen and oxygen atoms in total. The van der Waals surface area contributed by atoms with Gasteiger partial charge in [-0.3, -0.25) is 19.1 Å². The van der Waals surface area contributed by atoms with Crippen LogP contribution in [0.2, 0.25) is 0 Å². The van der Waals surface area contributed by atoms with Crippen molar-refractivity contribution in [2.75, 3.05) is 18.4 Å². The maximum atomic E-state index is 13.7. The molecule has 0 radical (unpaired) electrons. The van der Waals surface area contributed by atoms with E-state index in [1.807, 2.05) is 24.3 Å². The van der Waals surface area contributed by atoms with Crippen molar-refractivity contribution in [3.8, 4) is 0 Å². The highest BCUT2D eigenvalue weighted by molar-refractivity contribution is 7.18. The first kappa shape index (κ1) is 22.7. The Morgan fingerprint density at radius 3 is 2.66 bits per heavy atom. The smallest absolute Gasteiger partial charge is 0.263 e. The molecule has 0 atom stereocenters. The van der Waals surface area contributed by atoms with Gasteiger partial charge in [-0.25, -0.2) is 4.98 Å². The van der Waals surface area contributed by atoms with Crippen molar-refractivity contribution in [1.82, 2.24) is 14.5 Å². The van der Waals surface area contributed by atoms with E-state index in [0.29, 0.717) is 12.4 Å². The summed E-state index contributed by atoms with van der Waals surface area (Å²) < 4.78 is 1.60. The van der Waals surface area contributed by atoms with Crippen molar-refractivity contribution in [3.05, 3.63) is 56.4 Å². The molecule has 2 heterocycles. The Kier molecular flexibility index (Phi) is 7.06. The van der Waals surface area contributed by atoms with Gasteiger partial charge in [0.15, 0.2) is 0 Å². The highest BCUT2D eigenvalue weighted by Crippen LogP contribution is 2.34. The summed E-state index contributed by atoms with van der Waals surface area (Å²) in [6.07, 6.45) is 5.05. The molecule has 1 aromatic carbocycles. The van der Waals surface area contributed by atoms with Crippen LogP contribution >= 0.6 is 11.3 Å². The second-order valence-electron chi connectivity index (χ2n) is 8.33. The fourth-order valence-electron chi connectivity index (χ4n) is 4.50. The molecule has 4 rings (SSSR count). The number of hydrogen-bond acceptors (Lipinski definition) is 5. The normalized spacial score (nSPS) is 13.5. The molecule has 1 amide bonds. The summed E-state index contributed by atoms with van der Waals surface area (Å²) in [5.74, 6) is 0.475. The molecule has 170 valence electrons. The van der Waals surface area contributed by atoms with Crippen LogP contribution in [0.1, 0.15) is 55.4 Å². The first-order chi connectivity index (χ1) is 15.5. The molecule has 0 saturated carbocycles. The lowest BCUT2D eigenvalue weighted by atomic mass is 9.97. The molecule has 0 fully saturated rings. The van der Waals surface area contributed by atoms with Gasteiger partial charge in [-0.1, -0.05) is 39.0 Å². The second-order valence-corrected chi connectivity index (χ2v) is 9.41. The van der Waals surface area contributed by atoms with Crippen LogP contribution in [-0.2, 0) is 37.1 Å². The highest BCUT2D eigenvalue weighted by Gasteiger charge is 2.23. The molecule has 0 spiro atoms. The topological polar surface area (TPSA) is 67.2 Å². The van der Waals surface area contributed by atoms with Gasteiger partial charge in [-0.15, -0.1) is 11.3 Å². The average molecular weight is 453 g/mol. The van der Waals surface area contributed by atoms with E-state index in [-0.39, 0.29) is 18.0 Å². The number of carbonyl (C=O) groups is 1. The van der Waals surface area contributed by atoms with Crippen LogP contribution in [0.3, 0.4) is 0 Å². The number of carbonyl (C=O) groups excluding carboxylic acids is 1. The highest BCUT2D eigenvalue weighted by atomic mass is 32.1. The minimum atomic E-state index is -0.195. The minimum absolute atomic E-state index is 0.0267. The number of thiophene rings is 1. The summed E-state index contributed by atoms with van der Waals surface area (Å²) in [7, 11) is 0. The minimum Gasteiger partial charge on any atom is -0.324 e. The molecule has 7 heteroatoms. The number of fused-ring (bicyclic) bond motifs is 3. The zero-order valence-corrected chi connectivity index (χ0v) is 20.1. The summed E-state index contributed by atoms with van der Waals surface area (Å²) in [6.45, 7) is 8.52. The van der Waals surface area contributed by atoms with Crippen molar-refractivity contribution >= 4 is 33.1 Å². The largest absolute Gasteiger partial charge is 0.324 e. The quantitative estimate of drug-likeness (QED) is 0.551.